The van der Waals surface area contributed by atoms with Crippen molar-refractivity contribution in [2.24, 2.45) is 5.73 Å². The third-order valence-electron chi connectivity index (χ3n) is 2.04. The van der Waals surface area contributed by atoms with E-state index in [0.29, 0.717) is 19.8 Å². The van der Waals surface area contributed by atoms with E-state index in [4.69, 9.17) is 15.2 Å². The third-order valence-corrected chi connectivity index (χ3v) is 2.04. The lowest BCUT2D eigenvalue weighted by Crippen LogP contribution is -2.04. The molecule has 0 aliphatic heterocycles. The van der Waals surface area contributed by atoms with E-state index < -0.39 is 0 Å². The Bertz CT molecular complexity index is 305. The number of benzene rings is 1. The van der Waals surface area contributed by atoms with Gasteiger partial charge in [-0.15, -0.1) is 12.4 Å². The minimum atomic E-state index is 0. The number of hydrogen-bond donors (Lipinski definition) is 1. The fraction of sp³-hybridized carbons (Fsp3) is 0.500. The van der Waals surface area contributed by atoms with E-state index >= 15 is 0 Å². The monoisotopic (exact) mass is 245 g/mol. The molecule has 2 N–H and O–H groups in total. The van der Waals surface area contributed by atoms with Crippen LogP contribution in [-0.2, 0) is 6.42 Å². The summed E-state index contributed by atoms with van der Waals surface area (Å²) in [5.74, 6) is 1.62. The van der Waals surface area contributed by atoms with E-state index in [0.717, 1.165) is 17.9 Å². The van der Waals surface area contributed by atoms with Gasteiger partial charge in [-0.3, -0.25) is 0 Å². The summed E-state index contributed by atoms with van der Waals surface area (Å²) in [6, 6.07) is 5.97. The summed E-state index contributed by atoms with van der Waals surface area (Å²) in [5, 5.41) is 0. The highest BCUT2D eigenvalue weighted by atomic mass is 35.5. The Hall–Kier alpha value is -0.930. The first kappa shape index (κ1) is 15.1. The van der Waals surface area contributed by atoms with Gasteiger partial charge in [0.2, 0.25) is 0 Å². The van der Waals surface area contributed by atoms with Crippen molar-refractivity contribution >= 4 is 12.4 Å². The van der Waals surface area contributed by atoms with Crippen molar-refractivity contribution in [3.05, 3.63) is 23.8 Å². The van der Waals surface area contributed by atoms with Crippen LogP contribution in [0.5, 0.6) is 11.5 Å². The molecule has 1 aromatic rings. The van der Waals surface area contributed by atoms with Gasteiger partial charge in [0.15, 0.2) is 11.5 Å². The molecule has 1 rings (SSSR count). The molecule has 0 spiro atoms. The molecule has 0 saturated carbocycles. The van der Waals surface area contributed by atoms with Gasteiger partial charge >= 0.3 is 0 Å². The maximum absolute atomic E-state index is 5.51. The molecule has 0 aliphatic carbocycles. The molecule has 4 heteroatoms. The lowest BCUT2D eigenvalue weighted by molar-refractivity contribution is 0.287. The Labute approximate surface area is 103 Å². The van der Waals surface area contributed by atoms with Crippen molar-refractivity contribution in [2.45, 2.75) is 20.3 Å². The van der Waals surface area contributed by atoms with E-state index in [-0.39, 0.29) is 12.4 Å². The van der Waals surface area contributed by atoms with Crippen LogP contribution in [0.2, 0.25) is 0 Å². The average molecular weight is 246 g/mol. The second kappa shape index (κ2) is 8.25. The highest BCUT2D eigenvalue weighted by Crippen LogP contribution is 2.28. The maximum atomic E-state index is 5.51. The van der Waals surface area contributed by atoms with E-state index in [1.165, 1.54) is 5.56 Å². The molecular formula is C12H20ClNO2. The summed E-state index contributed by atoms with van der Waals surface area (Å²) in [7, 11) is 0. The molecule has 3 nitrogen and oxygen atoms in total. The molecule has 0 fully saturated rings. The summed E-state index contributed by atoms with van der Waals surface area (Å²) in [6.07, 6.45) is 0.868. The van der Waals surface area contributed by atoms with Gasteiger partial charge in [-0.1, -0.05) is 6.07 Å². The zero-order valence-electron chi connectivity index (χ0n) is 9.86. The van der Waals surface area contributed by atoms with Gasteiger partial charge in [-0.05, 0) is 44.5 Å². The standard InChI is InChI=1S/C12H19NO2.ClH/c1-3-14-11-6-5-10(7-8-13)9-12(11)15-4-2;/h5-6,9H,3-4,7-8,13H2,1-2H3;1H. The van der Waals surface area contributed by atoms with Gasteiger partial charge in [-0.25, -0.2) is 0 Å². The molecule has 0 bridgehead atoms. The van der Waals surface area contributed by atoms with Crippen LogP contribution < -0.4 is 15.2 Å². The largest absolute Gasteiger partial charge is 0.490 e. The van der Waals surface area contributed by atoms with E-state index in [1.807, 2.05) is 32.0 Å². The van der Waals surface area contributed by atoms with E-state index in [2.05, 4.69) is 0 Å². The molecule has 0 atom stereocenters. The Morgan fingerprint density at radius 2 is 1.69 bits per heavy atom. The Morgan fingerprint density at radius 1 is 1.06 bits per heavy atom. The Morgan fingerprint density at radius 3 is 2.25 bits per heavy atom. The molecule has 0 radical (unpaired) electrons. The van der Waals surface area contributed by atoms with Crippen molar-refractivity contribution in [2.75, 3.05) is 19.8 Å². The van der Waals surface area contributed by atoms with Crippen molar-refractivity contribution in [1.29, 1.82) is 0 Å². The molecule has 92 valence electrons. The van der Waals surface area contributed by atoms with Gasteiger partial charge in [-0.2, -0.15) is 0 Å². The van der Waals surface area contributed by atoms with Crippen LogP contribution >= 0.6 is 12.4 Å². The summed E-state index contributed by atoms with van der Waals surface area (Å²) >= 11 is 0. The predicted octanol–water partition coefficient (Wildman–Crippen LogP) is 2.41. The molecule has 0 unspecified atom stereocenters. The predicted molar refractivity (Wildman–Crippen MR) is 68.8 cm³/mol. The fourth-order valence-corrected chi connectivity index (χ4v) is 1.42. The van der Waals surface area contributed by atoms with Crippen molar-refractivity contribution in [3.8, 4) is 11.5 Å². The van der Waals surface area contributed by atoms with Gasteiger partial charge in [0, 0.05) is 0 Å². The zero-order chi connectivity index (χ0) is 11.1. The third kappa shape index (κ3) is 4.29. The van der Waals surface area contributed by atoms with Crippen molar-refractivity contribution in [3.63, 3.8) is 0 Å². The van der Waals surface area contributed by atoms with Gasteiger partial charge < -0.3 is 15.2 Å². The zero-order valence-corrected chi connectivity index (χ0v) is 10.7. The summed E-state index contributed by atoms with van der Waals surface area (Å²) in [4.78, 5) is 0. The lowest BCUT2D eigenvalue weighted by Gasteiger charge is -2.11. The van der Waals surface area contributed by atoms with E-state index in [1.54, 1.807) is 0 Å². The molecule has 0 aliphatic rings. The Balaban J connectivity index is 0.00000225. The second-order valence-corrected chi connectivity index (χ2v) is 3.19. The average Bonchev–Trinajstić information content (AvgIpc) is 2.23. The quantitative estimate of drug-likeness (QED) is 0.837. The van der Waals surface area contributed by atoms with Crippen LogP contribution in [0, 0.1) is 0 Å². The number of nitrogens with two attached hydrogens (primary N) is 1. The van der Waals surface area contributed by atoms with Gasteiger partial charge in [0.1, 0.15) is 0 Å². The van der Waals surface area contributed by atoms with Crippen molar-refractivity contribution in [1.82, 2.24) is 0 Å². The van der Waals surface area contributed by atoms with Crippen LogP contribution in [0.1, 0.15) is 19.4 Å². The number of rotatable bonds is 6. The second-order valence-electron chi connectivity index (χ2n) is 3.19. The highest BCUT2D eigenvalue weighted by molar-refractivity contribution is 5.85. The Kier molecular flexibility index (Phi) is 7.77. The fourth-order valence-electron chi connectivity index (χ4n) is 1.42. The van der Waals surface area contributed by atoms with Crippen LogP contribution in [-0.4, -0.2) is 19.8 Å². The first-order valence-corrected chi connectivity index (χ1v) is 5.40. The molecule has 0 amide bonds. The normalized spacial score (nSPS) is 9.44. The minimum absolute atomic E-state index is 0. The summed E-state index contributed by atoms with van der Waals surface area (Å²) in [5.41, 5.74) is 6.69. The minimum Gasteiger partial charge on any atom is -0.490 e. The van der Waals surface area contributed by atoms with Gasteiger partial charge in [0.25, 0.3) is 0 Å². The smallest absolute Gasteiger partial charge is 0.161 e. The molecule has 16 heavy (non-hydrogen) atoms. The summed E-state index contributed by atoms with van der Waals surface area (Å²) < 4.78 is 11.0. The highest BCUT2D eigenvalue weighted by Gasteiger charge is 2.05. The SMILES string of the molecule is CCOc1ccc(CCN)cc1OCC.Cl. The first-order chi connectivity index (χ1) is 7.31. The molecule has 0 heterocycles. The first-order valence-electron chi connectivity index (χ1n) is 5.40. The molecule has 0 aromatic heterocycles. The van der Waals surface area contributed by atoms with Crippen LogP contribution in [0.4, 0.5) is 0 Å². The number of halogens is 1. The topological polar surface area (TPSA) is 44.5 Å². The molecule has 1 aromatic carbocycles. The van der Waals surface area contributed by atoms with Crippen LogP contribution in [0.25, 0.3) is 0 Å². The van der Waals surface area contributed by atoms with Gasteiger partial charge in [0.05, 0.1) is 13.2 Å². The summed E-state index contributed by atoms with van der Waals surface area (Å²) in [6.45, 7) is 5.87. The lowest BCUT2D eigenvalue weighted by atomic mass is 10.1. The van der Waals surface area contributed by atoms with E-state index in [9.17, 15) is 0 Å². The molecule has 0 saturated heterocycles. The van der Waals surface area contributed by atoms with Crippen molar-refractivity contribution < 1.29 is 9.47 Å². The maximum Gasteiger partial charge on any atom is 0.161 e. The number of hydrogen-bond acceptors (Lipinski definition) is 3. The van der Waals surface area contributed by atoms with Crippen LogP contribution in [0.3, 0.4) is 0 Å². The number of ether oxygens (including phenoxy) is 2. The molecular weight excluding hydrogens is 226 g/mol. The van der Waals surface area contributed by atoms with Crippen LogP contribution in [0.15, 0.2) is 18.2 Å².